The first-order chi connectivity index (χ1) is 12.9. The summed E-state index contributed by atoms with van der Waals surface area (Å²) in [6, 6.07) is 15.2. The Morgan fingerprint density at radius 1 is 1.19 bits per heavy atom. The van der Waals surface area contributed by atoms with Crippen molar-refractivity contribution in [2.24, 2.45) is 0 Å². The summed E-state index contributed by atoms with van der Waals surface area (Å²) in [4.78, 5) is 4.53. The number of anilines is 2. The second-order valence-electron chi connectivity index (χ2n) is 6.66. The van der Waals surface area contributed by atoms with Gasteiger partial charge in [-0.2, -0.15) is 8.78 Å². The minimum Gasteiger partial charge on any atom is -0.435 e. The Labute approximate surface area is 163 Å². The summed E-state index contributed by atoms with van der Waals surface area (Å²) in [6.07, 6.45) is 0. The number of alkyl halides is 2. The van der Waals surface area contributed by atoms with Gasteiger partial charge in [-0.25, -0.2) is 0 Å². The Hall–Kier alpha value is -2.41. The number of ether oxygens (including phenoxy) is 1. The summed E-state index contributed by atoms with van der Waals surface area (Å²) >= 11 is 5.53. The lowest BCUT2D eigenvalue weighted by molar-refractivity contribution is -0.0498. The number of aryl methyl sites for hydroxylation is 1. The monoisotopic (exact) mass is 391 g/mol. The first kappa shape index (κ1) is 19.4. The van der Waals surface area contributed by atoms with Crippen molar-refractivity contribution >= 4 is 28.7 Å². The van der Waals surface area contributed by atoms with E-state index in [1.54, 1.807) is 12.1 Å². The summed E-state index contributed by atoms with van der Waals surface area (Å²) in [5.74, 6) is 0.127. The minimum atomic E-state index is -2.82. The predicted molar refractivity (Wildman–Crippen MR) is 109 cm³/mol. The second kappa shape index (κ2) is 8.52. The van der Waals surface area contributed by atoms with Gasteiger partial charge in [-0.3, -0.25) is 0 Å². The SMILES string of the molecule is Cc1cccc(N2CCN(C(=S)Nc3ccc(OC(F)F)cc3)C[C@H]2C)c1. The van der Waals surface area contributed by atoms with Crippen LogP contribution in [0.1, 0.15) is 12.5 Å². The van der Waals surface area contributed by atoms with Crippen LogP contribution < -0.4 is 15.0 Å². The largest absolute Gasteiger partial charge is 0.435 e. The quantitative estimate of drug-likeness (QED) is 0.775. The van der Waals surface area contributed by atoms with Gasteiger partial charge in [0.05, 0.1) is 0 Å². The van der Waals surface area contributed by atoms with Crippen molar-refractivity contribution in [3.8, 4) is 5.75 Å². The highest BCUT2D eigenvalue weighted by Crippen LogP contribution is 2.23. The van der Waals surface area contributed by atoms with Crippen LogP contribution in [0.15, 0.2) is 48.5 Å². The molecule has 3 rings (SSSR count). The molecule has 0 unspecified atom stereocenters. The standard InChI is InChI=1S/C20H23F2N3OS/c1-14-4-3-5-17(12-14)25-11-10-24(13-15(25)2)20(27)23-16-6-8-18(9-7-16)26-19(21)22/h3-9,12,15,19H,10-11,13H2,1-2H3,(H,23,27)/t15-/m1/s1. The van der Waals surface area contributed by atoms with Crippen molar-refractivity contribution in [2.45, 2.75) is 26.5 Å². The Kier molecular flexibility index (Phi) is 6.11. The first-order valence-electron chi connectivity index (χ1n) is 8.86. The van der Waals surface area contributed by atoms with E-state index in [2.05, 4.69) is 58.0 Å². The van der Waals surface area contributed by atoms with Crippen LogP contribution in [0.2, 0.25) is 0 Å². The van der Waals surface area contributed by atoms with Crippen molar-refractivity contribution in [3.63, 3.8) is 0 Å². The molecule has 1 atom stereocenters. The lowest BCUT2D eigenvalue weighted by Gasteiger charge is -2.42. The van der Waals surface area contributed by atoms with Crippen LogP contribution in [0.4, 0.5) is 20.2 Å². The molecular formula is C20H23F2N3OS. The summed E-state index contributed by atoms with van der Waals surface area (Å²) in [5.41, 5.74) is 3.23. The molecule has 2 aromatic rings. The Balaban J connectivity index is 1.57. The van der Waals surface area contributed by atoms with Crippen LogP contribution in [-0.4, -0.2) is 42.3 Å². The third-order valence-corrected chi connectivity index (χ3v) is 4.94. The van der Waals surface area contributed by atoms with Gasteiger partial charge in [0.1, 0.15) is 5.75 Å². The first-order valence-corrected chi connectivity index (χ1v) is 9.27. The summed E-state index contributed by atoms with van der Waals surface area (Å²) in [5, 5.41) is 3.80. The average molecular weight is 391 g/mol. The molecule has 0 radical (unpaired) electrons. The summed E-state index contributed by atoms with van der Waals surface area (Å²) in [7, 11) is 0. The molecule has 0 aromatic heterocycles. The van der Waals surface area contributed by atoms with E-state index in [0.717, 1.165) is 25.3 Å². The molecule has 1 saturated heterocycles. The van der Waals surface area contributed by atoms with Crippen molar-refractivity contribution in [2.75, 3.05) is 29.9 Å². The molecule has 1 N–H and O–H groups in total. The Bertz CT molecular complexity index is 785. The Morgan fingerprint density at radius 2 is 1.93 bits per heavy atom. The van der Waals surface area contributed by atoms with Gasteiger partial charge in [0.15, 0.2) is 5.11 Å². The molecule has 2 aromatic carbocycles. The van der Waals surface area contributed by atoms with Crippen LogP contribution >= 0.6 is 12.2 Å². The van der Waals surface area contributed by atoms with Crippen LogP contribution in [0.25, 0.3) is 0 Å². The topological polar surface area (TPSA) is 27.7 Å². The molecule has 0 amide bonds. The van der Waals surface area contributed by atoms with Gasteiger partial charge in [-0.15, -0.1) is 0 Å². The minimum absolute atomic E-state index is 0.127. The molecule has 144 valence electrons. The van der Waals surface area contributed by atoms with E-state index in [4.69, 9.17) is 12.2 Å². The van der Waals surface area contributed by atoms with Crippen molar-refractivity contribution in [3.05, 3.63) is 54.1 Å². The van der Waals surface area contributed by atoms with Gasteiger partial charge in [-0.1, -0.05) is 12.1 Å². The van der Waals surface area contributed by atoms with Gasteiger partial charge in [0, 0.05) is 37.1 Å². The molecular weight excluding hydrogens is 368 g/mol. The van der Waals surface area contributed by atoms with E-state index in [-0.39, 0.29) is 5.75 Å². The normalized spacial score (nSPS) is 17.1. The highest BCUT2D eigenvalue weighted by atomic mass is 32.1. The molecule has 27 heavy (non-hydrogen) atoms. The number of piperazine rings is 1. The number of thiocarbonyl (C=S) groups is 1. The fraction of sp³-hybridized carbons (Fsp3) is 0.350. The second-order valence-corrected chi connectivity index (χ2v) is 7.05. The predicted octanol–water partition coefficient (Wildman–Crippen LogP) is 4.50. The number of halogens is 2. The molecule has 0 bridgehead atoms. The van der Waals surface area contributed by atoms with Crippen LogP contribution in [0.3, 0.4) is 0 Å². The van der Waals surface area contributed by atoms with Crippen molar-refractivity contribution in [1.82, 2.24) is 4.90 Å². The maximum Gasteiger partial charge on any atom is 0.387 e. The molecule has 0 spiro atoms. The zero-order chi connectivity index (χ0) is 19.4. The fourth-order valence-corrected chi connectivity index (χ4v) is 3.54. The Morgan fingerprint density at radius 3 is 2.56 bits per heavy atom. The molecule has 1 aliphatic rings. The van der Waals surface area contributed by atoms with E-state index in [9.17, 15) is 8.78 Å². The third kappa shape index (κ3) is 5.07. The van der Waals surface area contributed by atoms with E-state index in [0.29, 0.717) is 11.2 Å². The van der Waals surface area contributed by atoms with Gasteiger partial charge in [-0.05, 0) is 68.0 Å². The number of nitrogens with zero attached hydrogens (tertiary/aromatic N) is 2. The van der Waals surface area contributed by atoms with Gasteiger partial charge in [0.2, 0.25) is 0 Å². The number of nitrogens with one attached hydrogen (secondary N) is 1. The van der Waals surface area contributed by atoms with E-state index in [1.807, 2.05) is 0 Å². The van der Waals surface area contributed by atoms with Gasteiger partial charge < -0.3 is 19.9 Å². The van der Waals surface area contributed by atoms with Crippen molar-refractivity contribution in [1.29, 1.82) is 0 Å². The maximum atomic E-state index is 12.2. The molecule has 7 heteroatoms. The molecule has 1 heterocycles. The van der Waals surface area contributed by atoms with Crippen LogP contribution in [0, 0.1) is 6.92 Å². The zero-order valence-corrected chi connectivity index (χ0v) is 16.2. The number of benzene rings is 2. The molecule has 4 nitrogen and oxygen atoms in total. The van der Waals surface area contributed by atoms with Crippen LogP contribution in [0.5, 0.6) is 5.75 Å². The third-order valence-electron chi connectivity index (χ3n) is 4.58. The van der Waals surface area contributed by atoms with E-state index in [1.165, 1.54) is 23.4 Å². The summed E-state index contributed by atoms with van der Waals surface area (Å²) < 4.78 is 28.8. The van der Waals surface area contributed by atoms with Gasteiger partial charge >= 0.3 is 6.61 Å². The molecule has 0 aliphatic carbocycles. The number of hydrogen-bond donors (Lipinski definition) is 1. The highest BCUT2D eigenvalue weighted by Gasteiger charge is 2.25. The van der Waals surface area contributed by atoms with Crippen molar-refractivity contribution < 1.29 is 13.5 Å². The fourth-order valence-electron chi connectivity index (χ4n) is 3.25. The lowest BCUT2D eigenvalue weighted by Crippen LogP contribution is -2.54. The molecule has 0 saturated carbocycles. The highest BCUT2D eigenvalue weighted by molar-refractivity contribution is 7.80. The zero-order valence-electron chi connectivity index (χ0n) is 15.4. The average Bonchev–Trinajstić information content (AvgIpc) is 2.62. The van der Waals surface area contributed by atoms with Gasteiger partial charge in [0.25, 0.3) is 0 Å². The van der Waals surface area contributed by atoms with E-state index >= 15 is 0 Å². The number of rotatable bonds is 4. The molecule has 1 fully saturated rings. The lowest BCUT2D eigenvalue weighted by atomic mass is 10.1. The summed E-state index contributed by atoms with van der Waals surface area (Å²) in [6.45, 7) is 3.97. The van der Waals surface area contributed by atoms with Crippen LogP contribution in [-0.2, 0) is 0 Å². The smallest absolute Gasteiger partial charge is 0.387 e. The maximum absolute atomic E-state index is 12.2. The molecule has 1 aliphatic heterocycles. The number of hydrogen-bond acceptors (Lipinski definition) is 3. The van der Waals surface area contributed by atoms with E-state index < -0.39 is 6.61 Å².